The van der Waals surface area contributed by atoms with Crippen LogP contribution in [0.5, 0.6) is 5.75 Å². The molecule has 1 aliphatic heterocycles. The van der Waals surface area contributed by atoms with Crippen LogP contribution < -0.4 is 15.8 Å². The Kier molecular flexibility index (Phi) is 7.33. The van der Waals surface area contributed by atoms with E-state index in [0.29, 0.717) is 43.5 Å². The van der Waals surface area contributed by atoms with Crippen LogP contribution in [-0.4, -0.2) is 57.6 Å². The summed E-state index contributed by atoms with van der Waals surface area (Å²) in [5, 5.41) is 2.71. The smallest absolute Gasteiger partial charge is 0.406 e. The lowest BCUT2D eigenvalue weighted by Gasteiger charge is -2.29. The molecule has 2 aromatic rings. The number of halogens is 3. The number of nitrogens with one attached hydrogen (secondary N) is 1. The van der Waals surface area contributed by atoms with Crippen molar-refractivity contribution in [1.29, 1.82) is 0 Å². The fourth-order valence-electron chi connectivity index (χ4n) is 4.42. The van der Waals surface area contributed by atoms with E-state index in [1.54, 1.807) is 0 Å². The highest BCUT2D eigenvalue weighted by molar-refractivity contribution is 5.96. The molecule has 2 atom stereocenters. The standard InChI is InChI=1S/C25H24F3N5O4/c26-25(27,28)37-19-7-3-16(4-8-19)24(9-10-24)23(36)33-13-1-2-20(33)22(35)32-17(14-21(29)34)5-6-18-15-30-11-12-31-18/h3-4,7-8,11-12,15,17,20H,1-2,9-10,13-14H2,(H2,29,34)(H,32,35)/t17-,20+/m1/s1. The Morgan fingerprint density at radius 2 is 1.95 bits per heavy atom. The van der Waals surface area contributed by atoms with Crippen LogP contribution in [0.2, 0.25) is 0 Å². The van der Waals surface area contributed by atoms with Crippen LogP contribution in [0.15, 0.2) is 42.9 Å². The van der Waals surface area contributed by atoms with Gasteiger partial charge in [0.05, 0.1) is 24.1 Å². The normalized spacial score (nSPS) is 18.8. The van der Waals surface area contributed by atoms with Crippen LogP contribution in [0.25, 0.3) is 0 Å². The zero-order valence-electron chi connectivity index (χ0n) is 19.6. The maximum Gasteiger partial charge on any atom is 0.573 e. The molecule has 2 aliphatic rings. The molecule has 1 aliphatic carbocycles. The van der Waals surface area contributed by atoms with Gasteiger partial charge >= 0.3 is 6.36 Å². The van der Waals surface area contributed by atoms with Gasteiger partial charge in [-0.15, -0.1) is 13.2 Å². The second kappa shape index (κ2) is 10.5. The Morgan fingerprint density at radius 3 is 2.54 bits per heavy atom. The number of benzene rings is 1. The fraction of sp³-hybridized carbons (Fsp3) is 0.400. The molecule has 4 rings (SSSR count). The van der Waals surface area contributed by atoms with E-state index in [9.17, 15) is 27.6 Å². The monoisotopic (exact) mass is 515 g/mol. The SMILES string of the molecule is NC(=O)C[C@@H](C#Cc1cnccn1)NC(=O)[C@@H]1CCCN1C(=O)C1(c2ccc(OC(F)(F)F)cc2)CC1. The molecule has 3 N–H and O–H groups in total. The number of carbonyl (C=O) groups excluding carboxylic acids is 3. The second-order valence-electron chi connectivity index (χ2n) is 8.90. The van der Waals surface area contributed by atoms with Crippen LogP contribution in [0.3, 0.4) is 0 Å². The number of alkyl halides is 3. The zero-order valence-corrected chi connectivity index (χ0v) is 19.6. The Hall–Kier alpha value is -4.14. The summed E-state index contributed by atoms with van der Waals surface area (Å²) in [4.78, 5) is 47.7. The van der Waals surface area contributed by atoms with Crippen molar-refractivity contribution in [2.24, 2.45) is 5.73 Å². The van der Waals surface area contributed by atoms with Crippen molar-refractivity contribution in [3.8, 4) is 17.6 Å². The average Bonchev–Trinajstić information content (AvgIpc) is 3.50. The molecule has 12 heteroatoms. The number of nitrogens with zero attached hydrogens (tertiary/aromatic N) is 3. The van der Waals surface area contributed by atoms with Gasteiger partial charge < -0.3 is 20.7 Å². The summed E-state index contributed by atoms with van der Waals surface area (Å²) in [6.07, 6.45) is 1.40. The van der Waals surface area contributed by atoms with E-state index in [0.717, 1.165) is 0 Å². The number of primary amides is 1. The van der Waals surface area contributed by atoms with Gasteiger partial charge in [0.2, 0.25) is 17.7 Å². The highest BCUT2D eigenvalue weighted by Gasteiger charge is 2.55. The van der Waals surface area contributed by atoms with Crippen LogP contribution in [0.4, 0.5) is 13.2 Å². The van der Waals surface area contributed by atoms with Crippen molar-refractivity contribution in [2.45, 2.75) is 56.0 Å². The number of hydrogen-bond donors (Lipinski definition) is 2. The Morgan fingerprint density at radius 1 is 1.22 bits per heavy atom. The maximum atomic E-state index is 13.6. The third kappa shape index (κ3) is 6.35. The summed E-state index contributed by atoms with van der Waals surface area (Å²) in [6, 6.07) is 3.58. The molecular formula is C25H24F3N5O4. The van der Waals surface area contributed by atoms with Crippen molar-refractivity contribution in [3.05, 3.63) is 54.1 Å². The predicted octanol–water partition coefficient (Wildman–Crippen LogP) is 1.81. The van der Waals surface area contributed by atoms with Crippen LogP contribution in [-0.2, 0) is 19.8 Å². The number of aromatic nitrogens is 2. The molecule has 1 saturated heterocycles. The third-order valence-corrected chi connectivity index (χ3v) is 6.28. The zero-order chi connectivity index (χ0) is 26.6. The Balaban J connectivity index is 1.46. The van der Waals surface area contributed by atoms with Gasteiger partial charge in [-0.1, -0.05) is 18.1 Å². The van der Waals surface area contributed by atoms with E-state index >= 15 is 0 Å². The lowest BCUT2D eigenvalue weighted by atomic mass is 9.93. The van der Waals surface area contributed by atoms with Crippen molar-refractivity contribution in [2.75, 3.05) is 6.54 Å². The average molecular weight is 515 g/mol. The summed E-state index contributed by atoms with van der Waals surface area (Å²) in [7, 11) is 0. The van der Waals surface area contributed by atoms with E-state index in [1.165, 1.54) is 47.8 Å². The lowest BCUT2D eigenvalue weighted by Crippen LogP contribution is -2.51. The van der Waals surface area contributed by atoms with E-state index < -0.39 is 35.7 Å². The molecule has 0 radical (unpaired) electrons. The molecule has 194 valence electrons. The largest absolute Gasteiger partial charge is 0.573 e. The Labute approximate surface area is 210 Å². The van der Waals surface area contributed by atoms with Crippen molar-refractivity contribution in [3.63, 3.8) is 0 Å². The second-order valence-corrected chi connectivity index (χ2v) is 8.90. The summed E-state index contributed by atoms with van der Waals surface area (Å²) < 4.78 is 41.3. The molecule has 2 fully saturated rings. The van der Waals surface area contributed by atoms with Gasteiger partial charge in [-0.25, -0.2) is 4.98 Å². The number of rotatable bonds is 7. The molecule has 1 saturated carbocycles. The number of ether oxygens (including phenoxy) is 1. The first kappa shape index (κ1) is 25.9. The van der Waals surface area contributed by atoms with Gasteiger partial charge in [0.1, 0.15) is 17.5 Å². The molecule has 37 heavy (non-hydrogen) atoms. The first-order chi connectivity index (χ1) is 17.6. The highest BCUT2D eigenvalue weighted by Crippen LogP contribution is 2.50. The molecule has 0 spiro atoms. The van der Waals surface area contributed by atoms with Gasteiger partial charge in [0, 0.05) is 18.9 Å². The first-order valence-corrected chi connectivity index (χ1v) is 11.6. The minimum atomic E-state index is -4.81. The molecule has 2 heterocycles. The topological polar surface area (TPSA) is 128 Å². The molecule has 0 unspecified atom stereocenters. The van der Waals surface area contributed by atoms with Gasteiger partial charge in [-0.05, 0) is 49.3 Å². The third-order valence-electron chi connectivity index (χ3n) is 6.28. The number of nitrogens with two attached hydrogens (primary N) is 1. The Bertz CT molecular complexity index is 1220. The quantitative estimate of drug-likeness (QED) is 0.542. The molecule has 9 nitrogen and oxygen atoms in total. The summed E-state index contributed by atoms with van der Waals surface area (Å²) >= 11 is 0. The predicted molar refractivity (Wildman–Crippen MR) is 123 cm³/mol. The van der Waals surface area contributed by atoms with E-state index in [2.05, 4.69) is 31.9 Å². The van der Waals surface area contributed by atoms with Crippen molar-refractivity contribution in [1.82, 2.24) is 20.2 Å². The minimum Gasteiger partial charge on any atom is -0.406 e. The van der Waals surface area contributed by atoms with Crippen LogP contribution >= 0.6 is 0 Å². The molecule has 1 aromatic heterocycles. The van der Waals surface area contributed by atoms with Gasteiger partial charge in [0.25, 0.3) is 0 Å². The molecule has 1 aromatic carbocycles. The molecular weight excluding hydrogens is 491 g/mol. The minimum absolute atomic E-state index is 0.226. The van der Waals surface area contributed by atoms with Gasteiger partial charge in [0.15, 0.2) is 0 Å². The van der Waals surface area contributed by atoms with Crippen molar-refractivity contribution >= 4 is 17.7 Å². The lowest BCUT2D eigenvalue weighted by molar-refractivity contribution is -0.274. The first-order valence-electron chi connectivity index (χ1n) is 11.6. The van der Waals surface area contributed by atoms with E-state index in [-0.39, 0.29) is 18.1 Å². The maximum absolute atomic E-state index is 13.6. The van der Waals surface area contributed by atoms with Crippen LogP contribution in [0.1, 0.15) is 43.4 Å². The number of amides is 3. The van der Waals surface area contributed by atoms with Gasteiger partial charge in [-0.3, -0.25) is 19.4 Å². The fourth-order valence-corrected chi connectivity index (χ4v) is 4.42. The van der Waals surface area contributed by atoms with E-state index in [1.807, 2.05) is 0 Å². The van der Waals surface area contributed by atoms with E-state index in [4.69, 9.17) is 5.73 Å². The van der Waals surface area contributed by atoms with Crippen molar-refractivity contribution < 1.29 is 32.3 Å². The number of hydrogen-bond acceptors (Lipinski definition) is 6. The summed E-state index contributed by atoms with van der Waals surface area (Å²) in [5.41, 5.74) is 5.35. The molecule has 0 bridgehead atoms. The number of carbonyl (C=O) groups is 3. The summed E-state index contributed by atoms with van der Waals surface area (Å²) in [5.74, 6) is 3.77. The molecule has 3 amide bonds. The highest BCUT2D eigenvalue weighted by atomic mass is 19.4. The summed E-state index contributed by atoms with van der Waals surface area (Å²) in [6.45, 7) is 0.361. The van der Waals surface area contributed by atoms with Crippen LogP contribution in [0, 0.1) is 11.8 Å². The van der Waals surface area contributed by atoms with Gasteiger partial charge in [-0.2, -0.15) is 0 Å². The number of likely N-dealkylation sites (tertiary alicyclic amines) is 1.